The van der Waals surface area contributed by atoms with E-state index in [-0.39, 0.29) is 40.1 Å². The first-order valence-corrected chi connectivity index (χ1v) is 9.38. The van der Waals surface area contributed by atoms with Gasteiger partial charge in [-0.2, -0.15) is 18.4 Å². The van der Waals surface area contributed by atoms with E-state index in [0.29, 0.717) is 5.03 Å². The average molecular weight is 398 g/mol. The summed E-state index contributed by atoms with van der Waals surface area (Å²) in [5, 5.41) is 9.93. The number of hydrogen-bond donors (Lipinski definition) is 1. The zero-order valence-electron chi connectivity index (χ0n) is 13.5. The van der Waals surface area contributed by atoms with E-state index in [1.807, 2.05) is 6.07 Å². The normalized spacial score (nSPS) is 11.2. The third-order valence-corrected chi connectivity index (χ3v) is 4.91. The Labute approximate surface area is 156 Å². The molecule has 2 N–H and O–H groups in total. The van der Waals surface area contributed by atoms with Gasteiger partial charge in [-0.3, -0.25) is 4.79 Å². The van der Waals surface area contributed by atoms with Crippen LogP contribution in [0.15, 0.2) is 34.3 Å². The molecule has 0 unspecified atom stereocenters. The number of carbonyl (C=O) groups excluding carboxylic acids is 1. The lowest BCUT2D eigenvalue weighted by Gasteiger charge is -2.09. The molecule has 0 aliphatic carbocycles. The van der Waals surface area contributed by atoms with Crippen molar-refractivity contribution >= 4 is 35.3 Å². The summed E-state index contributed by atoms with van der Waals surface area (Å²) in [7, 11) is 0. The van der Waals surface area contributed by atoms with Gasteiger partial charge in [0.05, 0.1) is 11.3 Å². The first-order chi connectivity index (χ1) is 12.2. The number of halogens is 3. The molecule has 0 bridgehead atoms. The Morgan fingerprint density at radius 1 is 1.31 bits per heavy atom. The molecule has 0 spiro atoms. The van der Waals surface area contributed by atoms with Crippen LogP contribution in [0.5, 0.6) is 0 Å². The second-order valence-electron chi connectivity index (χ2n) is 5.09. The molecule has 5 nitrogen and oxygen atoms in total. The minimum atomic E-state index is -4.46. The van der Waals surface area contributed by atoms with Gasteiger partial charge < -0.3 is 5.73 Å². The molecule has 26 heavy (non-hydrogen) atoms. The predicted molar refractivity (Wildman–Crippen MR) is 93.8 cm³/mol. The van der Waals surface area contributed by atoms with Gasteiger partial charge in [-0.25, -0.2) is 9.97 Å². The van der Waals surface area contributed by atoms with E-state index in [0.717, 1.165) is 23.9 Å². The molecule has 1 aromatic heterocycles. The summed E-state index contributed by atoms with van der Waals surface area (Å²) in [6, 6.07) is 6.62. The van der Waals surface area contributed by atoms with Gasteiger partial charge in [0.1, 0.15) is 27.5 Å². The molecule has 2 rings (SSSR count). The van der Waals surface area contributed by atoms with Gasteiger partial charge in [-0.15, -0.1) is 11.8 Å². The van der Waals surface area contributed by atoms with Gasteiger partial charge in [0.15, 0.2) is 0 Å². The van der Waals surface area contributed by atoms with Gasteiger partial charge in [0.2, 0.25) is 5.95 Å². The van der Waals surface area contributed by atoms with Crippen molar-refractivity contribution in [3.63, 3.8) is 0 Å². The van der Waals surface area contributed by atoms with Gasteiger partial charge in [-0.1, -0.05) is 30.0 Å². The highest BCUT2D eigenvalue weighted by molar-refractivity contribution is 8.00. The average Bonchev–Trinajstić information content (AvgIpc) is 2.58. The molecule has 1 heterocycles. The predicted octanol–water partition coefficient (Wildman–Crippen LogP) is 3.58. The highest BCUT2D eigenvalue weighted by Gasteiger charge is 2.30. The number of nitrogens with zero attached hydrogens (tertiary/aromatic N) is 3. The monoisotopic (exact) mass is 398 g/mol. The molecule has 136 valence electrons. The summed E-state index contributed by atoms with van der Waals surface area (Å²) in [5.41, 5.74) is 5.30. The molecule has 0 atom stereocenters. The van der Waals surface area contributed by atoms with E-state index in [2.05, 4.69) is 9.97 Å². The Bertz CT molecular complexity index is 866. The second-order valence-corrected chi connectivity index (χ2v) is 6.84. The lowest BCUT2D eigenvalue weighted by Crippen LogP contribution is -2.09. The Balaban J connectivity index is 2.09. The molecule has 0 radical (unpaired) electrons. The van der Waals surface area contributed by atoms with Crippen LogP contribution < -0.4 is 5.73 Å². The largest absolute Gasteiger partial charge is 0.416 e. The van der Waals surface area contributed by atoms with Crippen LogP contribution >= 0.6 is 23.5 Å². The number of aromatic nitrogens is 2. The van der Waals surface area contributed by atoms with E-state index in [1.54, 1.807) is 6.26 Å². The molecule has 2 aromatic rings. The Hall–Kier alpha value is -2.25. The van der Waals surface area contributed by atoms with E-state index < -0.39 is 11.7 Å². The minimum absolute atomic E-state index is 0.0128. The summed E-state index contributed by atoms with van der Waals surface area (Å²) in [5.74, 6) is -0.350. The maximum atomic E-state index is 12.7. The Morgan fingerprint density at radius 3 is 2.62 bits per heavy atom. The first-order valence-electron chi connectivity index (χ1n) is 7.16. The van der Waals surface area contributed by atoms with Gasteiger partial charge in [0.25, 0.3) is 0 Å². The van der Waals surface area contributed by atoms with Crippen molar-refractivity contribution in [1.29, 1.82) is 5.26 Å². The maximum absolute atomic E-state index is 12.7. The molecular weight excluding hydrogens is 385 g/mol. The van der Waals surface area contributed by atoms with Crippen LogP contribution in [0, 0.1) is 11.3 Å². The van der Waals surface area contributed by atoms with Crippen LogP contribution in [0.3, 0.4) is 0 Å². The van der Waals surface area contributed by atoms with E-state index >= 15 is 0 Å². The maximum Gasteiger partial charge on any atom is 0.416 e. The van der Waals surface area contributed by atoms with Crippen LogP contribution in [-0.4, -0.2) is 27.8 Å². The van der Waals surface area contributed by atoms with Crippen molar-refractivity contribution in [1.82, 2.24) is 9.97 Å². The standard InChI is InChI=1S/C16H13F3N4OS2/c1-25-13-12(7-20)14(23-15(21)22-13)26-8-11(24)6-9-3-2-4-10(5-9)16(17,18)19/h2-5H,6,8H2,1H3,(H2,21,22,23). The second kappa shape index (κ2) is 8.42. The topological polar surface area (TPSA) is 92.7 Å². The molecule has 0 aliphatic heterocycles. The lowest BCUT2D eigenvalue weighted by atomic mass is 10.1. The minimum Gasteiger partial charge on any atom is -0.368 e. The fourth-order valence-corrected chi connectivity index (χ4v) is 3.51. The molecule has 0 saturated carbocycles. The number of nitrogen functional groups attached to an aromatic ring is 1. The molecule has 10 heteroatoms. The summed E-state index contributed by atoms with van der Waals surface area (Å²) < 4.78 is 38.2. The number of carbonyl (C=O) groups is 1. The Kier molecular flexibility index (Phi) is 6.50. The van der Waals surface area contributed by atoms with Crippen LogP contribution in [0.25, 0.3) is 0 Å². The highest BCUT2D eigenvalue weighted by Crippen LogP contribution is 2.30. The number of alkyl halides is 3. The Morgan fingerprint density at radius 2 is 2.00 bits per heavy atom. The summed E-state index contributed by atoms with van der Waals surface area (Å²) in [6.07, 6.45) is -2.87. The van der Waals surface area contributed by atoms with Crippen LogP contribution in [0.1, 0.15) is 16.7 Å². The lowest BCUT2D eigenvalue weighted by molar-refractivity contribution is -0.137. The molecule has 0 saturated heterocycles. The van der Waals surface area contributed by atoms with Crippen LogP contribution in [0.2, 0.25) is 0 Å². The third kappa shape index (κ3) is 5.12. The molecule has 0 fully saturated rings. The number of Topliss-reactive ketones (excluding diaryl/α,β-unsaturated/α-hetero) is 1. The summed E-state index contributed by atoms with van der Waals surface area (Å²) >= 11 is 2.24. The quantitative estimate of drug-likeness (QED) is 0.587. The number of ketones is 1. The molecule has 0 amide bonds. The zero-order chi connectivity index (χ0) is 19.3. The number of nitrogens with two attached hydrogens (primary N) is 1. The van der Waals surface area contributed by atoms with Gasteiger partial charge in [-0.05, 0) is 17.9 Å². The van der Waals surface area contributed by atoms with Crippen molar-refractivity contribution in [3.8, 4) is 6.07 Å². The van der Waals surface area contributed by atoms with Crippen molar-refractivity contribution in [3.05, 3.63) is 41.0 Å². The number of anilines is 1. The van der Waals surface area contributed by atoms with Gasteiger partial charge >= 0.3 is 6.18 Å². The summed E-state index contributed by atoms with van der Waals surface area (Å²) in [6.45, 7) is 0. The highest BCUT2D eigenvalue weighted by atomic mass is 32.2. The number of hydrogen-bond acceptors (Lipinski definition) is 7. The fourth-order valence-electron chi connectivity index (χ4n) is 2.07. The van der Waals surface area contributed by atoms with E-state index in [1.165, 1.54) is 23.9 Å². The van der Waals surface area contributed by atoms with E-state index in [9.17, 15) is 23.2 Å². The third-order valence-electron chi connectivity index (χ3n) is 3.19. The van der Waals surface area contributed by atoms with Crippen molar-refractivity contribution in [2.75, 3.05) is 17.7 Å². The zero-order valence-corrected chi connectivity index (χ0v) is 15.1. The number of thioether (sulfide) groups is 2. The van der Waals surface area contributed by atoms with Crippen molar-refractivity contribution in [2.24, 2.45) is 0 Å². The summed E-state index contributed by atoms with van der Waals surface area (Å²) in [4.78, 5) is 20.0. The smallest absolute Gasteiger partial charge is 0.368 e. The number of rotatable bonds is 6. The van der Waals surface area contributed by atoms with Crippen LogP contribution in [0.4, 0.5) is 19.1 Å². The van der Waals surface area contributed by atoms with Crippen molar-refractivity contribution in [2.45, 2.75) is 22.6 Å². The first kappa shape index (κ1) is 20.1. The molecular formula is C16H13F3N4OS2. The fraction of sp³-hybridized carbons (Fsp3) is 0.250. The van der Waals surface area contributed by atoms with Gasteiger partial charge in [0, 0.05) is 6.42 Å². The molecule has 0 aliphatic rings. The van der Waals surface area contributed by atoms with E-state index in [4.69, 9.17) is 5.73 Å². The SMILES string of the molecule is CSc1nc(N)nc(SCC(=O)Cc2cccc(C(F)(F)F)c2)c1C#N. The number of nitriles is 1. The van der Waals surface area contributed by atoms with Crippen molar-refractivity contribution < 1.29 is 18.0 Å². The van der Waals surface area contributed by atoms with Crippen LogP contribution in [-0.2, 0) is 17.4 Å². The number of benzene rings is 1. The molecule has 1 aromatic carbocycles.